The van der Waals surface area contributed by atoms with Crippen molar-refractivity contribution in [2.75, 3.05) is 5.32 Å². The monoisotopic (exact) mass is 333 g/mol. The number of nitrogens with zero attached hydrogens (tertiary/aromatic N) is 2. The number of halogens is 2. The first-order valence-corrected chi connectivity index (χ1v) is 7.46. The van der Waals surface area contributed by atoms with E-state index in [-0.39, 0.29) is 0 Å². The van der Waals surface area contributed by atoms with Gasteiger partial charge in [0.25, 0.3) is 0 Å². The van der Waals surface area contributed by atoms with Crippen molar-refractivity contribution < 1.29 is 4.42 Å². The van der Waals surface area contributed by atoms with Crippen molar-refractivity contribution in [2.45, 2.75) is 13.5 Å². The lowest BCUT2D eigenvalue weighted by Crippen LogP contribution is -1.99. The van der Waals surface area contributed by atoms with Crippen LogP contribution < -0.4 is 5.32 Å². The average molecular weight is 334 g/mol. The predicted octanol–water partition coefficient (Wildman–Crippen LogP) is 4.96. The van der Waals surface area contributed by atoms with E-state index in [0.717, 1.165) is 11.3 Å². The van der Waals surface area contributed by atoms with Gasteiger partial charge in [0.2, 0.25) is 11.8 Å². The fourth-order valence-electron chi connectivity index (χ4n) is 1.92. The van der Waals surface area contributed by atoms with E-state index in [1.165, 1.54) is 5.56 Å². The molecule has 0 aliphatic carbocycles. The minimum Gasteiger partial charge on any atom is -0.419 e. The van der Waals surface area contributed by atoms with Gasteiger partial charge in [0.1, 0.15) is 0 Å². The molecule has 0 unspecified atom stereocenters. The standard InChI is InChI=1S/C16H13Cl2N3O/c1-10-2-4-11(5-3-10)16-21-20-15(22-16)9-19-12-6-7-13(17)14(18)8-12/h2-8,19H,9H2,1H3. The summed E-state index contributed by atoms with van der Waals surface area (Å²) in [7, 11) is 0. The smallest absolute Gasteiger partial charge is 0.247 e. The van der Waals surface area contributed by atoms with Crippen molar-refractivity contribution >= 4 is 28.9 Å². The maximum absolute atomic E-state index is 5.97. The van der Waals surface area contributed by atoms with Crippen LogP contribution >= 0.6 is 23.2 Å². The second-order valence-electron chi connectivity index (χ2n) is 4.85. The molecule has 4 nitrogen and oxygen atoms in total. The summed E-state index contributed by atoms with van der Waals surface area (Å²) in [6.45, 7) is 2.45. The molecule has 0 amide bonds. The highest BCUT2D eigenvalue weighted by Crippen LogP contribution is 2.25. The molecule has 22 heavy (non-hydrogen) atoms. The van der Waals surface area contributed by atoms with Crippen LogP contribution in [0.1, 0.15) is 11.5 Å². The van der Waals surface area contributed by atoms with Crippen molar-refractivity contribution in [3.05, 3.63) is 64.0 Å². The molecule has 0 radical (unpaired) electrons. The number of aryl methyl sites for hydroxylation is 1. The predicted molar refractivity (Wildman–Crippen MR) is 88.3 cm³/mol. The number of rotatable bonds is 4. The minimum atomic E-state index is 0.414. The Morgan fingerprint density at radius 2 is 1.77 bits per heavy atom. The molecule has 3 rings (SSSR count). The van der Waals surface area contributed by atoms with Crippen LogP contribution in [0.25, 0.3) is 11.5 Å². The van der Waals surface area contributed by atoms with Crippen LogP contribution in [0.2, 0.25) is 10.0 Å². The van der Waals surface area contributed by atoms with E-state index in [9.17, 15) is 0 Å². The summed E-state index contributed by atoms with van der Waals surface area (Å²) in [5.41, 5.74) is 2.92. The van der Waals surface area contributed by atoms with Gasteiger partial charge in [-0.3, -0.25) is 0 Å². The van der Waals surface area contributed by atoms with E-state index in [4.69, 9.17) is 27.6 Å². The van der Waals surface area contributed by atoms with Crippen LogP contribution in [-0.4, -0.2) is 10.2 Å². The van der Waals surface area contributed by atoms with Gasteiger partial charge in [0.15, 0.2) is 0 Å². The molecule has 0 saturated heterocycles. The second-order valence-corrected chi connectivity index (χ2v) is 5.66. The van der Waals surface area contributed by atoms with Crippen LogP contribution in [0.15, 0.2) is 46.9 Å². The SMILES string of the molecule is Cc1ccc(-c2nnc(CNc3ccc(Cl)c(Cl)c3)o2)cc1. The molecule has 0 saturated carbocycles. The summed E-state index contributed by atoms with van der Waals surface area (Å²) < 4.78 is 5.64. The fraction of sp³-hybridized carbons (Fsp3) is 0.125. The molecule has 2 aromatic carbocycles. The zero-order valence-corrected chi connectivity index (χ0v) is 13.3. The topological polar surface area (TPSA) is 51.0 Å². The maximum Gasteiger partial charge on any atom is 0.247 e. The van der Waals surface area contributed by atoms with Crippen LogP contribution in [0.3, 0.4) is 0 Å². The molecule has 0 aliphatic rings. The summed E-state index contributed by atoms with van der Waals surface area (Å²) in [4.78, 5) is 0. The summed E-state index contributed by atoms with van der Waals surface area (Å²) in [5.74, 6) is 1.01. The molecule has 0 aliphatic heterocycles. The van der Waals surface area contributed by atoms with E-state index in [0.29, 0.717) is 28.4 Å². The Bertz CT molecular complexity index is 784. The van der Waals surface area contributed by atoms with Gasteiger partial charge in [0, 0.05) is 11.3 Å². The highest BCUT2D eigenvalue weighted by atomic mass is 35.5. The first kappa shape index (κ1) is 14.9. The van der Waals surface area contributed by atoms with E-state index < -0.39 is 0 Å². The Kier molecular flexibility index (Phi) is 4.32. The fourth-order valence-corrected chi connectivity index (χ4v) is 2.22. The summed E-state index contributed by atoms with van der Waals surface area (Å²) in [6, 6.07) is 13.3. The molecule has 3 aromatic rings. The summed E-state index contributed by atoms with van der Waals surface area (Å²) in [5, 5.41) is 12.3. The van der Waals surface area contributed by atoms with Crippen LogP contribution in [0.4, 0.5) is 5.69 Å². The Morgan fingerprint density at radius 1 is 1.00 bits per heavy atom. The number of benzene rings is 2. The van der Waals surface area contributed by atoms with E-state index in [1.54, 1.807) is 12.1 Å². The molecule has 0 atom stereocenters. The molecule has 1 N–H and O–H groups in total. The zero-order chi connectivity index (χ0) is 15.5. The second kappa shape index (κ2) is 6.38. The highest BCUT2D eigenvalue weighted by Gasteiger charge is 2.08. The molecule has 6 heteroatoms. The van der Waals surface area contributed by atoms with Crippen LogP contribution in [0.5, 0.6) is 0 Å². The Labute approximate surface area is 138 Å². The zero-order valence-electron chi connectivity index (χ0n) is 11.8. The van der Waals surface area contributed by atoms with Gasteiger partial charge in [-0.2, -0.15) is 0 Å². The Morgan fingerprint density at radius 3 is 2.50 bits per heavy atom. The average Bonchev–Trinajstić information content (AvgIpc) is 2.98. The van der Waals surface area contributed by atoms with Gasteiger partial charge in [-0.25, -0.2) is 0 Å². The normalized spacial score (nSPS) is 10.7. The number of aromatic nitrogens is 2. The Hall–Kier alpha value is -2.04. The quantitative estimate of drug-likeness (QED) is 0.732. The van der Waals surface area contributed by atoms with E-state index in [1.807, 2.05) is 37.3 Å². The van der Waals surface area contributed by atoms with Crippen molar-refractivity contribution in [1.82, 2.24) is 10.2 Å². The first-order valence-electron chi connectivity index (χ1n) is 6.70. The maximum atomic E-state index is 5.97. The van der Waals surface area contributed by atoms with Gasteiger partial charge >= 0.3 is 0 Å². The van der Waals surface area contributed by atoms with Gasteiger partial charge in [-0.15, -0.1) is 10.2 Å². The number of anilines is 1. The molecule has 0 spiro atoms. The third-order valence-corrected chi connectivity index (χ3v) is 3.87. The van der Waals surface area contributed by atoms with E-state index in [2.05, 4.69) is 15.5 Å². The molecular weight excluding hydrogens is 321 g/mol. The highest BCUT2D eigenvalue weighted by molar-refractivity contribution is 6.42. The van der Waals surface area contributed by atoms with Crippen molar-refractivity contribution in [1.29, 1.82) is 0 Å². The third-order valence-electron chi connectivity index (χ3n) is 3.13. The lowest BCUT2D eigenvalue weighted by Gasteiger charge is -2.04. The molecular formula is C16H13Cl2N3O. The van der Waals surface area contributed by atoms with Crippen molar-refractivity contribution in [3.63, 3.8) is 0 Å². The first-order chi connectivity index (χ1) is 10.6. The van der Waals surface area contributed by atoms with Crippen LogP contribution in [0, 0.1) is 6.92 Å². The lowest BCUT2D eigenvalue weighted by molar-refractivity contribution is 0.515. The molecule has 112 valence electrons. The Balaban J connectivity index is 1.69. The van der Waals surface area contributed by atoms with Crippen LogP contribution in [-0.2, 0) is 6.54 Å². The third kappa shape index (κ3) is 3.40. The van der Waals surface area contributed by atoms with Crippen molar-refractivity contribution in [2.24, 2.45) is 0 Å². The van der Waals surface area contributed by atoms with Gasteiger partial charge in [0.05, 0.1) is 16.6 Å². The largest absolute Gasteiger partial charge is 0.419 e. The molecule has 1 aromatic heterocycles. The number of hydrogen-bond acceptors (Lipinski definition) is 4. The summed E-state index contributed by atoms with van der Waals surface area (Å²) in [6.07, 6.45) is 0. The van der Waals surface area contributed by atoms with Gasteiger partial charge in [-0.05, 0) is 37.3 Å². The minimum absolute atomic E-state index is 0.414. The number of hydrogen-bond donors (Lipinski definition) is 1. The van der Waals surface area contributed by atoms with Gasteiger partial charge < -0.3 is 9.73 Å². The van der Waals surface area contributed by atoms with Gasteiger partial charge in [-0.1, -0.05) is 40.9 Å². The summed E-state index contributed by atoms with van der Waals surface area (Å²) >= 11 is 11.8. The van der Waals surface area contributed by atoms with Crippen molar-refractivity contribution in [3.8, 4) is 11.5 Å². The molecule has 0 fully saturated rings. The van der Waals surface area contributed by atoms with E-state index >= 15 is 0 Å². The number of nitrogens with one attached hydrogen (secondary N) is 1. The molecule has 1 heterocycles. The lowest BCUT2D eigenvalue weighted by atomic mass is 10.1. The molecule has 0 bridgehead atoms.